The van der Waals surface area contributed by atoms with Gasteiger partial charge >= 0.3 is 0 Å². The largest absolute Gasteiger partial charge is 0.395 e. The van der Waals surface area contributed by atoms with E-state index in [1.54, 1.807) is 0 Å². The van der Waals surface area contributed by atoms with Crippen LogP contribution in [-0.4, -0.2) is 61.1 Å². The van der Waals surface area contributed by atoms with Crippen molar-refractivity contribution >= 4 is 28.5 Å². The summed E-state index contributed by atoms with van der Waals surface area (Å²) in [5.41, 5.74) is 5.31. The van der Waals surface area contributed by atoms with E-state index in [2.05, 4.69) is 6.92 Å². The maximum atomic E-state index is 11.4. The molecule has 0 aliphatic carbocycles. The molecule has 1 aliphatic rings. The zero-order chi connectivity index (χ0) is 17.5. The Morgan fingerprint density at radius 2 is 1.74 bits per heavy atom. The van der Waals surface area contributed by atoms with E-state index in [-0.39, 0.29) is 13.0 Å². The molecule has 23 heavy (non-hydrogen) atoms. The van der Waals surface area contributed by atoms with Gasteiger partial charge in [-0.05, 0) is 6.42 Å². The van der Waals surface area contributed by atoms with Crippen LogP contribution in [0, 0.1) is 0 Å². The molecule has 0 aromatic rings. The number of unbranched alkanes of at least 4 members (excludes halogenated alkanes) is 6. The Bertz CT molecular complexity index is 372. The monoisotopic (exact) mass is 442 g/mol. The van der Waals surface area contributed by atoms with Crippen LogP contribution in [0.5, 0.6) is 0 Å². The number of carbonyl (C=O) groups excluding carboxylic acids is 1. The smallest absolute Gasteiger partial charge is 0.220 e. The van der Waals surface area contributed by atoms with Crippen molar-refractivity contribution in [1.82, 2.24) is 4.90 Å². The van der Waals surface area contributed by atoms with Crippen molar-refractivity contribution in [3.8, 4) is 0 Å². The van der Waals surface area contributed by atoms with Gasteiger partial charge in [0.1, 0.15) is 15.8 Å². The number of aliphatic hydroxyl groups excluding tert-OH is 3. The van der Waals surface area contributed by atoms with Crippen LogP contribution in [0.1, 0.15) is 58.3 Å². The minimum absolute atomic E-state index is 0.0429. The number of hydrogen-bond donors (Lipinski definition) is 4. The SMILES string of the molecule is CCCCCCCCCN1[C@H](CO)[C@@H](O)[C@H](O)[C@]1(I)CC(N)=O. The summed E-state index contributed by atoms with van der Waals surface area (Å²) < 4.78 is -0.946. The van der Waals surface area contributed by atoms with E-state index in [9.17, 15) is 20.1 Å². The lowest BCUT2D eigenvalue weighted by Crippen LogP contribution is -2.50. The van der Waals surface area contributed by atoms with E-state index in [1.165, 1.54) is 25.7 Å². The molecule has 136 valence electrons. The minimum Gasteiger partial charge on any atom is -0.395 e. The van der Waals surface area contributed by atoms with Gasteiger partial charge in [0.2, 0.25) is 5.91 Å². The van der Waals surface area contributed by atoms with Crippen LogP contribution in [0.2, 0.25) is 0 Å². The number of carbonyl (C=O) groups is 1. The molecule has 0 unspecified atom stereocenters. The molecule has 6 nitrogen and oxygen atoms in total. The Morgan fingerprint density at radius 1 is 1.17 bits per heavy atom. The number of likely N-dealkylation sites (tertiary alicyclic amines) is 1. The highest BCUT2D eigenvalue weighted by atomic mass is 127. The maximum Gasteiger partial charge on any atom is 0.220 e. The third-order valence-corrected chi connectivity index (χ3v) is 6.30. The molecule has 5 N–H and O–H groups in total. The summed E-state index contributed by atoms with van der Waals surface area (Å²) in [6, 6.07) is -0.554. The molecule has 1 rings (SSSR count). The Labute approximate surface area is 152 Å². The number of rotatable bonds is 11. The molecule has 1 amide bonds. The molecule has 0 saturated carbocycles. The lowest BCUT2D eigenvalue weighted by molar-refractivity contribution is -0.120. The molecule has 1 aliphatic heterocycles. The van der Waals surface area contributed by atoms with Gasteiger partial charge < -0.3 is 21.1 Å². The lowest BCUT2D eigenvalue weighted by atomic mass is 10.1. The van der Waals surface area contributed by atoms with Crippen LogP contribution in [0.4, 0.5) is 0 Å². The van der Waals surface area contributed by atoms with Crippen LogP contribution in [0.25, 0.3) is 0 Å². The first-order valence-electron chi connectivity index (χ1n) is 8.59. The summed E-state index contributed by atoms with van der Waals surface area (Å²) >= 11 is 2.01. The molecule has 1 heterocycles. The standard InChI is InChI=1S/C16H31IN2O4/c1-2-3-4-5-6-7-8-9-19-12(11-20)14(22)15(23)16(19,17)10-13(18)21/h12,14-15,20,22-23H,2-11H2,1H3,(H2,18,21)/t12-,14-,15+,16+/m1/s1. The van der Waals surface area contributed by atoms with Crippen molar-refractivity contribution < 1.29 is 20.1 Å². The van der Waals surface area contributed by atoms with Crippen molar-refractivity contribution in [1.29, 1.82) is 0 Å². The average molecular weight is 442 g/mol. The topological polar surface area (TPSA) is 107 Å². The number of halogens is 1. The highest BCUT2D eigenvalue weighted by Crippen LogP contribution is 2.42. The van der Waals surface area contributed by atoms with Crippen molar-refractivity contribution in [2.24, 2.45) is 5.73 Å². The Morgan fingerprint density at radius 3 is 2.26 bits per heavy atom. The van der Waals surface area contributed by atoms with Gasteiger partial charge in [0, 0.05) is 6.54 Å². The van der Waals surface area contributed by atoms with Crippen LogP contribution in [0.15, 0.2) is 0 Å². The predicted octanol–water partition coefficient (Wildman–Crippen LogP) is 1.14. The quantitative estimate of drug-likeness (QED) is 0.166. The highest BCUT2D eigenvalue weighted by molar-refractivity contribution is 14.1. The normalized spacial score (nSPS) is 31.6. The van der Waals surface area contributed by atoms with Gasteiger partial charge in [-0.25, -0.2) is 0 Å². The van der Waals surface area contributed by atoms with Crippen LogP contribution >= 0.6 is 22.6 Å². The zero-order valence-electron chi connectivity index (χ0n) is 14.0. The van der Waals surface area contributed by atoms with Gasteiger partial charge in [0.05, 0.1) is 19.1 Å². The minimum atomic E-state index is -1.10. The fourth-order valence-corrected chi connectivity index (χ4v) is 4.69. The van der Waals surface area contributed by atoms with Crippen molar-refractivity contribution in [3.05, 3.63) is 0 Å². The summed E-state index contributed by atoms with van der Waals surface area (Å²) in [4.78, 5) is 13.2. The van der Waals surface area contributed by atoms with Crippen LogP contribution in [-0.2, 0) is 4.79 Å². The van der Waals surface area contributed by atoms with E-state index < -0.39 is 27.7 Å². The molecule has 1 fully saturated rings. The summed E-state index contributed by atoms with van der Waals surface area (Å²) in [7, 11) is 0. The van der Waals surface area contributed by atoms with Gasteiger partial charge in [-0.15, -0.1) is 0 Å². The molecule has 4 atom stereocenters. The molecular formula is C16H31IN2O4. The van der Waals surface area contributed by atoms with E-state index in [4.69, 9.17) is 5.73 Å². The molecule has 7 heteroatoms. The van der Waals surface area contributed by atoms with E-state index in [1.807, 2.05) is 27.5 Å². The summed E-state index contributed by atoms with van der Waals surface area (Å²) in [6.07, 6.45) is 5.90. The molecular weight excluding hydrogens is 411 g/mol. The van der Waals surface area contributed by atoms with Crippen LogP contribution in [0.3, 0.4) is 0 Å². The number of alkyl halides is 1. The first-order chi connectivity index (χ1) is 10.9. The number of aliphatic hydroxyl groups is 3. The molecule has 0 aromatic heterocycles. The highest BCUT2D eigenvalue weighted by Gasteiger charge is 2.56. The maximum absolute atomic E-state index is 11.4. The van der Waals surface area contributed by atoms with Crippen molar-refractivity contribution in [2.45, 2.75) is 80.1 Å². The van der Waals surface area contributed by atoms with Crippen molar-refractivity contribution in [3.63, 3.8) is 0 Å². The Kier molecular flexibility index (Phi) is 9.28. The first kappa shape index (κ1) is 21.1. The lowest BCUT2D eigenvalue weighted by Gasteiger charge is -2.36. The van der Waals surface area contributed by atoms with Crippen molar-refractivity contribution in [2.75, 3.05) is 13.2 Å². The van der Waals surface area contributed by atoms with E-state index in [0.29, 0.717) is 6.54 Å². The number of primary amides is 1. The van der Waals surface area contributed by atoms with Gasteiger partial charge in [-0.1, -0.05) is 68.0 Å². The van der Waals surface area contributed by atoms with Gasteiger partial charge in [0.25, 0.3) is 0 Å². The number of nitrogens with zero attached hydrogens (tertiary/aromatic N) is 1. The molecule has 1 saturated heterocycles. The molecule has 0 bridgehead atoms. The van der Waals surface area contributed by atoms with Gasteiger partial charge in [0.15, 0.2) is 0 Å². The number of nitrogens with two attached hydrogens (primary N) is 1. The first-order valence-corrected chi connectivity index (χ1v) is 9.67. The average Bonchev–Trinajstić information content (AvgIpc) is 2.67. The zero-order valence-corrected chi connectivity index (χ0v) is 16.1. The molecule has 0 aromatic carbocycles. The molecule has 0 radical (unpaired) electrons. The second-order valence-electron chi connectivity index (χ2n) is 6.46. The number of hydrogen-bond acceptors (Lipinski definition) is 5. The fourth-order valence-electron chi connectivity index (χ4n) is 3.35. The summed E-state index contributed by atoms with van der Waals surface area (Å²) in [5.74, 6) is -0.520. The third-order valence-electron chi connectivity index (χ3n) is 4.66. The summed E-state index contributed by atoms with van der Waals surface area (Å²) in [5, 5.41) is 30.0. The van der Waals surface area contributed by atoms with Crippen LogP contribution < -0.4 is 5.73 Å². The van der Waals surface area contributed by atoms with Gasteiger partial charge in [-0.2, -0.15) is 0 Å². The Hall–Kier alpha value is 0.0400. The third kappa shape index (κ3) is 5.52. The molecule has 0 spiro atoms. The van der Waals surface area contributed by atoms with Gasteiger partial charge in [-0.3, -0.25) is 9.69 Å². The van der Waals surface area contributed by atoms with E-state index >= 15 is 0 Å². The second-order valence-corrected chi connectivity index (χ2v) is 8.33. The second kappa shape index (κ2) is 10.1. The summed E-state index contributed by atoms with van der Waals surface area (Å²) in [6.45, 7) is 2.57. The number of amides is 1. The Balaban J connectivity index is 2.58. The van der Waals surface area contributed by atoms with E-state index in [0.717, 1.165) is 19.3 Å². The fraction of sp³-hybridized carbons (Fsp3) is 0.938. The predicted molar refractivity (Wildman–Crippen MR) is 98.1 cm³/mol.